The van der Waals surface area contributed by atoms with Crippen LogP contribution in [0.1, 0.15) is 37.7 Å². The van der Waals surface area contributed by atoms with Crippen LogP contribution in [0, 0.1) is 24.7 Å². The number of rotatable bonds is 4. The normalized spacial score (nSPS) is 37.5. The highest BCUT2D eigenvalue weighted by atomic mass is 16.5. The Kier molecular flexibility index (Phi) is 2.75. The van der Waals surface area contributed by atoms with Crippen LogP contribution in [0.4, 0.5) is 5.69 Å². The summed E-state index contributed by atoms with van der Waals surface area (Å²) in [5.41, 5.74) is 2.07. The first-order valence-electron chi connectivity index (χ1n) is 7.82. The maximum atomic E-state index is 9.84. The summed E-state index contributed by atoms with van der Waals surface area (Å²) in [6.45, 7) is 2.54. The second-order valence-electron chi connectivity index (χ2n) is 7.10. The van der Waals surface area contributed by atoms with Crippen LogP contribution in [0.2, 0.25) is 0 Å². The molecule has 4 saturated carbocycles. The summed E-state index contributed by atoms with van der Waals surface area (Å²) in [6.07, 6.45) is 6.72. The number of aromatic hydroxyl groups is 1. The van der Waals surface area contributed by atoms with Crippen molar-refractivity contribution in [2.24, 2.45) is 17.8 Å². The minimum atomic E-state index is 0.153. The molecule has 4 aliphatic rings. The average Bonchev–Trinajstić information content (AvgIpc) is 2.79. The SMILES string of the molecule is Cc1ccc(O)c(NCOC23CC4CC(CC2C4)C3)c1. The fourth-order valence-corrected chi connectivity index (χ4v) is 5.01. The fourth-order valence-electron chi connectivity index (χ4n) is 5.01. The lowest BCUT2D eigenvalue weighted by atomic mass is 9.81. The van der Waals surface area contributed by atoms with E-state index in [0.29, 0.717) is 12.5 Å². The van der Waals surface area contributed by atoms with Crippen molar-refractivity contribution in [2.75, 3.05) is 12.0 Å². The van der Waals surface area contributed by atoms with Gasteiger partial charge in [0.15, 0.2) is 0 Å². The van der Waals surface area contributed by atoms with Crippen LogP contribution in [0.5, 0.6) is 5.75 Å². The van der Waals surface area contributed by atoms with E-state index in [1.165, 1.54) is 32.1 Å². The van der Waals surface area contributed by atoms with Crippen LogP contribution < -0.4 is 5.32 Å². The van der Waals surface area contributed by atoms with Crippen molar-refractivity contribution < 1.29 is 9.84 Å². The summed E-state index contributed by atoms with van der Waals surface area (Å²) in [4.78, 5) is 0. The number of phenolic OH excluding ortho intramolecular Hbond substituents is 1. The molecule has 1 aromatic rings. The second kappa shape index (κ2) is 4.39. The Morgan fingerprint density at radius 3 is 2.75 bits per heavy atom. The van der Waals surface area contributed by atoms with E-state index >= 15 is 0 Å². The number of ether oxygens (including phenoxy) is 1. The van der Waals surface area contributed by atoms with Crippen molar-refractivity contribution in [3.05, 3.63) is 23.8 Å². The molecule has 0 amide bonds. The van der Waals surface area contributed by atoms with Crippen molar-refractivity contribution in [2.45, 2.75) is 44.6 Å². The molecule has 0 aromatic heterocycles. The molecular formula is C17H23NO2. The first-order chi connectivity index (χ1) is 9.64. The monoisotopic (exact) mass is 273 g/mol. The number of phenols is 1. The Labute approximate surface area is 120 Å². The lowest BCUT2D eigenvalue weighted by Crippen LogP contribution is -2.35. The van der Waals surface area contributed by atoms with Crippen LogP contribution in [-0.2, 0) is 4.74 Å². The van der Waals surface area contributed by atoms with Crippen molar-refractivity contribution in [1.29, 1.82) is 0 Å². The quantitative estimate of drug-likeness (QED) is 0.649. The Morgan fingerprint density at radius 2 is 2.00 bits per heavy atom. The molecule has 3 nitrogen and oxygen atoms in total. The van der Waals surface area contributed by atoms with Gasteiger partial charge in [0.2, 0.25) is 0 Å². The number of aryl methyl sites for hydroxylation is 1. The molecule has 0 spiro atoms. The fraction of sp³-hybridized carbons (Fsp3) is 0.647. The topological polar surface area (TPSA) is 41.5 Å². The number of hydrogen-bond donors (Lipinski definition) is 2. The van der Waals surface area contributed by atoms with Crippen molar-refractivity contribution in [3.8, 4) is 5.75 Å². The van der Waals surface area contributed by atoms with E-state index in [9.17, 15) is 5.11 Å². The van der Waals surface area contributed by atoms with Gasteiger partial charge in [-0.2, -0.15) is 0 Å². The molecule has 2 unspecified atom stereocenters. The van der Waals surface area contributed by atoms with Gasteiger partial charge < -0.3 is 15.2 Å². The zero-order chi connectivity index (χ0) is 13.7. The molecule has 1 aromatic carbocycles. The smallest absolute Gasteiger partial charge is 0.138 e. The molecule has 0 saturated heterocycles. The lowest BCUT2D eigenvalue weighted by Gasteiger charge is -2.33. The highest BCUT2D eigenvalue weighted by Crippen LogP contribution is 2.61. The number of hydrogen-bond acceptors (Lipinski definition) is 3. The van der Waals surface area contributed by atoms with E-state index in [4.69, 9.17) is 4.74 Å². The molecule has 108 valence electrons. The van der Waals surface area contributed by atoms with Gasteiger partial charge in [-0.15, -0.1) is 0 Å². The van der Waals surface area contributed by atoms with E-state index in [0.717, 1.165) is 29.0 Å². The minimum absolute atomic E-state index is 0.153. The third-order valence-electron chi connectivity index (χ3n) is 5.69. The molecule has 0 heterocycles. The number of anilines is 1. The van der Waals surface area contributed by atoms with Gasteiger partial charge >= 0.3 is 0 Å². The standard InChI is InChI=1S/C17H23NO2/c1-11-2-3-16(19)15(4-11)18-10-20-17-8-12-5-13(9-17)7-14(17)6-12/h2-4,12-14,18-19H,5-10H2,1H3. The summed E-state index contributed by atoms with van der Waals surface area (Å²) in [6, 6.07) is 5.62. The molecule has 20 heavy (non-hydrogen) atoms. The molecule has 2 atom stereocenters. The second-order valence-corrected chi connectivity index (χ2v) is 7.10. The van der Waals surface area contributed by atoms with E-state index in [1.807, 2.05) is 19.1 Å². The van der Waals surface area contributed by atoms with E-state index < -0.39 is 0 Å². The third kappa shape index (κ3) is 1.91. The summed E-state index contributed by atoms with van der Waals surface area (Å²) >= 11 is 0. The first kappa shape index (κ1) is 12.5. The van der Waals surface area contributed by atoms with Crippen molar-refractivity contribution in [3.63, 3.8) is 0 Å². The Balaban J connectivity index is 1.41. The van der Waals surface area contributed by atoms with Gasteiger partial charge in [-0.3, -0.25) is 0 Å². The summed E-state index contributed by atoms with van der Waals surface area (Å²) in [7, 11) is 0. The van der Waals surface area contributed by atoms with E-state index in [2.05, 4.69) is 5.32 Å². The van der Waals surface area contributed by atoms with Crippen LogP contribution in [0.3, 0.4) is 0 Å². The molecule has 0 aliphatic heterocycles. The molecule has 4 aliphatic carbocycles. The Hall–Kier alpha value is -1.22. The summed E-state index contributed by atoms with van der Waals surface area (Å²) in [5, 5.41) is 13.1. The molecule has 2 N–H and O–H groups in total. The highest BCUT2D eigenvalue weighted by molar-refractivity contribution is 5.56. The molecule has 3 heteroatoms. The van der Waals surface area contributed by atoms with E-state index in [-0.39, 0.29) is 5.60 Å². The Morgan fingerprint density at radius 1 is 1.25 bits per heavy atom. The molecular weight excluding hydrogens is 250 g/mol. The van der Waals surface area contributed by atoms with Crippen LogP contribution in [-0.4, -0.2) is 17.4 Å². The zero-order valence-electron chi connectivity index (χ0n) is 12.1. The van der Waals surface area contributed by atoms with Crippen LogP contribution in [0.25, 0.3) is 0 Å². The minimum Gasteiger partial charge on any atom is -0.506 e. The van der Waals surface area contributed by atoms with Gasteiger partial charge in [0.25, 0.3) is 0 Å². The molecule has 0 radical (unpaired) electrons. The summed E-state index contributed by atoms with van der Waals surface area (Å²) in [5.74, 6) is 2.92. The predicted octanol–water partition coefficient (Wildman–Crippen LogP) is 3.67. The van der Waals surface area contributed by atoms with Gasteiger partial charge in [0.05, 0.1) is 11.3 Å². The van der Waals surface area contributed by atoms with Crippen LogP contribution >= 0.6 is 0 Å². The molecule has 4 fully saturated rings. The predicted molar refractivity (Wildman–Crippen MR) is 78.7 cm³/mol. The van der Waals surface area contributed by atoms with Crippen molar-refractivity contribution in [1.82, 2.24) is 0 Å². The van der Waals surface area contributed by atoms with Gasteiger partial charge in [-0.05, 0) is 74.5 Å². The maximum Gasteiger partial charge on any atom is 0.138 e. The third-order valence-corrected chi connectivity index (χ3v) is 5.69. The zero-order valence-corrected chi connectivity index (χ0v) is 12.1. The van der Waals surface area contributed by atoms with Crippen molar-refractivity contribution >= 4 is 5.69 Å². The van der Waals surface area contributed by atoms with Gasteiger partial charge in [0, 0.05) is 0 Å². The molecule has 4 bridgehead atoms. The summed E-state index contributed by atoms with van der Waals surface area (Å²) < 4.78 is 6.29. The van der Waals surface area contributed by atoms with Crippen LogP contribution in [0.15, 0.2) is 18.2 Å². The largest absolute Gasteiger partial charge is 0.506 e. The van der Waals surface area contributed by atoms with E-state index in [1.54, 1.807) is 6.07 Å². The highest BCUT2D eigenvalue weighted by Gasteiger charge is 2.58. The first-order valence-corrected chi connectivity index (χ1v) is 7.82. The number of benzene rings is 1. The van der Waals surface area contributed by atoms with Gasteiger partial charge in [-0.1, -0.05) is 6.07 Å². The lowest BCUT2D eigenvalue weighted by molar-refractivity contribution is -0.0585. The maximum absolute atomic E-state index is 9.84. The van der Waals surface area contributed by atoms with Gasteiger partial charge in [-0.25, -0.2) is 0 Å². The Bertz CT molecular complexity index is 514. The number of nitrogens with one attached hydrogen (secondary N) is 1. The van der Waals surface area contributed by atoms with Gasteiger partial charge in [0.1, 0.15) is 12.5 Å². The average molecular weight is 273 g/mol. The molecule has 5 rings (SSSR count).